The zero-order valence-corrected chi connectivity index (χ0v) is 13.7. The van der Waals surface area contributed by atoms with Crippen molar-refractivity contribution in [2.75, 3.05) is 0 Å². The van der Waals surface area contributed by atoms with Gasteiger partial charge in [0.2, 0.25) is 5.91 Å². The van der Waals surface area contributed by atoms with Crippen molar-refractivity contribution >= 4 is 11.8 Å². The average molecular weight is 332 g/mol. The summed E-state index contributed by atoms with van der Waals surface area (Å²) in [4.78, 5) is 24.6. The predicted octanol–water partition coefficient (Wildman–Crippen LogP) is 2.88. The standard InChI is InChI=1S/C18H21FN2O3/c1-12(2)9-16(18(23)20-11-15-7-4-8-24-15)21-17(22)13-5-3-6-14(19)10-13/h3-8,10,12,16H,9,11H2,1-2H3,(H,20,23)(H,21,22)/t16-/m0/s1. The third-order valence-electron chi connectivity index (χ3n) is 3.43. The number of carbonyl (C=O) groups is 2. The van der Waals surface area contributed by atoms with E-state index in [2.05, 4.69) is 10.6 Å². The van der Waals surface area contributed by atoms with Crippen LogP contribution in [0.25, 0.3) is 0 Å². The molecule has 0 unspecified atom stereocenters. The van der Waals surface area contributed by atoms with Crippen LogP contribution >= 0.6 is 0 Å². The zero-order valence-electron chi connectivity index (χ0n) is 13.7. The topological polar surface area (TPSA) is 71.3 Å². The third kappa shape index (κ3) is 5.22. The first-order valence-corrected chi connectivity index (χ1v) is 7.82. The third-order valence-corrected chi connectivity index (χ3v) is 3.43. The van der Waals surface area contributed by atoms with Gasteiger partial charge in [0, 0.05) is 5.56 Å². The molecule has 24 heavy (non-hydrogen) atoms. The number of carbonyl (C=O) groups excluding carboxylic acids is 2. The fraction of sp³-hybridized carbons (Fsp3) is 0.333. The molecule has 2 rings (SSSR count). The minimum Gasteiger partial charge on any atom is -0.467 e. The molecule has 5 nitrogen and oxygen atoms in total. The first-order chi connectivity index (χ1) is 11.5. The molecule has 0 aliphatic heterocycles. The Bertz CT molecular complexity index is 683. The highest BCUT2D eigenvalue weighted by atomic mass is 19.1. The van der Waals surface area contributed by atoms with Crippen molar-refractivity contribution in [3.63, 3.8) is 0 Å². The molecule has 0 saturated carbocycles. The van der Waals surface area contributed by atoms with Gasteiger partial charge in [-0.3, -0.25) is 9.59 Å². The first-order valence-electron chi connectivity index (χ1n) is 7.82. The van der Waals surface area contributed by atoms with Crippen molar-refractivity contribution in [2.45, 2.75) is 32.9 Å². The Morgan fingerprint density at radius 1 is 1.21 bits per heavy atom. The maximum Gasteiger partial charge on any atom is 0.252 e. The van der Waals surface area contributed by atoms with Crippen molar-refractivity contribution in [3.8, 4) is 0 Å². The number of halogens is 1. The Balaban J connectivity index is 2.01. The molecule has 0 spiro atoms. The zero-order chi connectivity index (χ0) is 17.5. The van der Waals surface area contributed by atoms with Gasteiger partial charge >= 0.3 is 0 Å². The second kappa shape index (κ2) is 8.29. The Labute approximate surface area is 140 Å². The van der Waals surface area contributed by atoms with Crippen molar-refractivity contribution in [2.24, 2.45) is 5.92 Å². The molecule has 0 aliphatic carbocycles. The maximum atomic E-state index is 13.2. The normalized spacial score (nSPS) is 12.0. The SMILES string of the molecule is CC(C)C[C@H](NC(=O)c1cccc(F)c1)C(=O)NCc1ccco1. The summed E-state index contributed by atoms with van der Waals surface area (Å²) in [5.41, 5.74) is 0.183. The molecule has 2 aromatic rings. The Hall–Kier alpha value is -2.63. The first kappa shape index (κ1) is 17.7. The Morgan fingerprint density at radius 3 is 2.62 bits per heavy atom. The largest absolute Gasteiger partial charge is 0.467 e. The lowest BCUT2D eigenvalue weighted by Crippen LogP contribution is -2.47. The molecule has 1 heterocycles. The van der Waals surface area contributed by atoms with E-state index in [4.69, 9.17) is 4.42 Å². The molecule has 1 aromatic heterocycles. The maximum absolute atomic E-state index is 13.2. The van der Waals surface area contributed by atoms with E-state index in [1.54, 1.807) is 12.1 Å². The number of nitrogens with one attached hydrogen (secondary N) is 2. The minimum atomic E-state index is -0.698. The van der Waals surface area contributed by atoms with Crippen LogP contribution in [0.15, 0.2) is 47.1 Å². The van der Waals surface area contributed by atoms with Gasteiger partial charge in [0.1, 0.15) is 17.6 Å². The van der Waals surface area contributed by atoms with E-state index in [-0.39, 0.29) is 23.9 Å². The van der Waals surface area contributed by atoms with Gasteiger partial charge in [-0.2, -0.15) is 0 Å². The highest BCUT2D eigenvalue weighted by Gasteiger charge is 2.22. The van der Waals surface area contributed by atoms with Crippen LogP contribution in [0.1, 0.15) is 36.4 Å². The quantitative estimate of drug-likeness (QED) is 0.819. The summed E-state index contributed by atoms with van der Waals surface area (Å²) in [6.07, 6.45) is 2.00. The molecule has 0 fully saturated rings. The Morgan fingerprint density at radius 2 is 2.00 bits per heavy atom. The molecular formula is C18H21FN2O3. The number of rotatable bonds is 7. The number of furan rings is 1. The summed E-state index contributed by atoms with van der Waals surface area (Å²) in [5, 5.41) is 5.41. The van der Waals surface area contributed by atoms with Crippen LogP contribution in [0, 0.1) is 11.7 Å². The number of hydrogen-bond acceptors (Lipinski definition) is 3. The summed E-state index contributed by atoms with van der Waals surface area (Å²) >= 11 is 0. The van der Waals surface area contributed by atoms with E-state index in [9.17, 15) is 14.0 Å². The lowest BCUT2D eigenvalue weighted by Gasteiger charge is -2.20. The summed E-state index contributed by atoms with van der Waals surface area (Å²) in [6, 6.07) is 8.16. The van der Waals surface area contributed by atoms with E-state index in [1.807, 2.05) is 13.8 Å². The van der Waals surface area contributed by atoms with Gasteiger partial charge in [-0.25, -0.2) is 4.39 Å². The van der Waals surface area contributed by atoms with E-state index < -0.39 is 17.8 Å². The monoisotopic (exact) mass is 332 g/mol. The van der Waals surface area contributed by atoms with Gasteiger partial charge in [0.15, 0.2) is 0 Å². The molecular weight excluding hydrogens is 311 g/mol. The van der Waals surface area contributed by atoms with Gasteiger partial charge in [0.05, 0.1) is 12.8 Å². The highest BCUT2D eigenvalue weighted by molar-refractivity contribution is 5.97. The lowest BCUT2D eigenvalue weighted by molar-refractivity contribution is -0.123. The summed E-state index contributed by atoms with van der Waals surface area (Å²) < 4.78 is 18.4. The van der Waals surface area contributed by atoms with Crippen molar-refractivity contribution in [1.82, 2.24) is 10.6 Å². The van der Waals surface area contributed by atoms with Crippen LogP contribution < -0.4 is 10.6 Å². The fourth-order valence-corrected chi connectivity index (χ4v) is 2.28. The van der Waals surface area contributed by atoms with E-state index >= 15 is 0 Å². The minimum absolute atomic E-state index is 0.183. The summed E-state index contributed by atoms with van der Waals surface area (Å²) in [7, 11) is 0. The van der Waals surface area contributed by atoms with Gasteiger partial charge in [-0.15, -0.1) is 0 Å². The predicted molar refractivity (Wildman–Crippen MR) is 87.7 cm³/mol. The van der Waals surface area contributed by atoms with Gasteiger partial charge in [-0.05, 0) is 42.7 Å². The van der Waals surface area contributed by atoms with Crippen LogP contribution in [0.4, 0.5) is 4.39 Å². The summed E-state index contributed by atoms with van der Waals surface area (Å²) in [5.74, 6) is -0.441. The van der Waals surface area contributed by atoms with Crippen LogP contribution in [-0.2, 0) is 11.3 Å². The molecule has 2 amide bonds. The molecule has 2 N–H and O–H groups in total. The number of amides is 2. The van der Waals surface area contributed by atoms with E-state index in [0.717, 1.165) is 6.07 Å². The van der Waals surface area contributed by atoms with Gasteiger partial charge in [0.25, 0.3) is 5.91 Å². The van der Waals surface area contributed by atoms with Crippen molar-refractivity contribution in [3.05, 3.63) is 59.8 Å². The number of benzene rings is 1. The van der Waals surface area contributed by atoms with Crippen molar-refractivity contribution in [1.29, 1.82) is 0 Å². The smallest absolute Gasteiger partial charge is 0.252 e. The molecule has 0 saturated heterocycles. The van der Waals surface area contributed by atoms with Crippen LogP contribution in [0.3, 0.4) is 0 Å². The second-order valence-electron chi connectivity index (χ2n) is 5.96. The Kier molecular flexibility index (Phi) is 6.12. The van der Waals surface area contributed by atoms with Crippen LogP contribution in [0.2, 0.25) is 0 Å². The molecule has 1 atom stereocenters. The average Bonchev–Trinajstić information content (AvgIpc) is 3.05. The van der Waals surface area contributed by atoms with Crippen LogP contribution in [-0.4, -0.2) is 17.9 Å². The molecule has 1 aromatic carbocycles. The molecule has 6 heteroatoms. The fourth-order valence-electron chi connectivity index (χ4n) is 2.28. The van der Waals surface area contributed by atoms with Gasteiger partial charge < -0.3 is 15.1 Å². The highest BCUT2D eigenvalue weighted by Crippen LogP contribution is 2.09. The summed E-state index contributed by atoms with van der Waals surface area (Å²) in [6.45, 7) is 4.17. The van der Waals surface area contributed by atoms with Crippen molar-refractivity contribution < 1.29 is 18.4 Å². The van der Waals surface area contributed by atoms with E-state index in [1.165, 1.54) is 24.5 Å². The van der Waals surface area contributed by atoms with Gasteiger partial charge in [-0.1, -0.05) is 19.9 Å². The molecule has 0 radical (unpaired) electrons. The van der Waals surface area contributed by atoms with E-state index in [0.29, 0.717) is 12.2 Å². The second-order valence-corrected chi connectivity index (χ2v) is 5.96. The molecule has 0 aliphatic rings. The van der Waals surface area contributed by atoms with Crippen LogP contribution in [0.5, 0.6) is 0 Å². The number of hydrogen-bond donors (Lipinski definition) is 2. The lowest BCUT2D eigenvalue weighted by atomic mass is 10.0. The molecule has 128 valence electrons. The molecule has 0 bridgehead atoms.